The van der Waals surface area contributed by atoms with Crippen LogP contribution in [0.2, 0.25) is 0 Å². The van der Waals surface area contributed by atoms with Crippen LogP contribution < -0.4 is 10.2 Å². The number of nitrogens with zero attached hydrogens (tertiary/aromatic N) is 2. The lowest BCUT2D eigenvalue weighted by atomic mass is 9.92. The van der Waals surface area contributed by atoms with Gasteiger partial charge in [0, 0.05) is 38.9 Å². The van der Waals surface area contributed by atoms with Crippen molar-refractivity contribution in [1.82, 2.24) is 4.90 Å². The SMILES string of the molecule is CC(=O)N(CC(=O)Nc1c(C(C)C)cccc1C(C)C)Cc1ccc(N(C)C)cc1. The summed E-state index contributed by atoms with van der Waals surface area (Å²) in [6.45, 7) is 10.4. The quantitative estimate of drug-likeness (QED) is 0.668. The van der Waals surface area contributed by atoms with Gasteiger partial charge in [0.25, 0.3) is 0 Å². The summed E-state index contributed by atoms with van der Waals surface area (Å²) in [4.78, 5) is 28.7. The highest BCUT2D eigenvalue weighted by atomic mass is 16.2. The Morgan fingerprint density at radius 1 is 0.900 bits per heavy atom. The maximum atomic E-state index is 12.9. The average molecular weight is 410 g/mol. The van der Waals surface area contributed by atoms with E-state index >= 15 is 0 Å². The summed E-state index contributed by atoms with van der Waals surface area (Å²) < 4.78 is 0. The lowest BCUT2D eigenvalue weighted by Crippen LogP contribution is -2.36. The summed E-state index contributed by atoms with van der Waals surface area (Å²) in [6, 6.07) is 14.2. The molecule has 2 amide bonds. The number of nitrogens with one attached hydrogen (secondary N) is 1. The van der Waals surface area contributed by atoms with Crippen LogP contribution in [0.25, 0.3) is 0 Å². The number of benzene rings is 2. The molecule has 0 unspecified atom stereocenters. The maximum Gasteiger partial charge on any atom is 0.244 e. The maximum absolute atomic E-state index is 12.9. The highest BCUT2D eigenvalue weighted by Crippen LogP contribution is 2.32. The van der Waals surface area contributed by atoms with E-state index in [0.717, 1.165) is 28.1 Å². The van der Waals surface area contributed by atoms with Crippen molar-refractivity contribution < 1.29 is 9.59 Å². The Hall–Kier alpha value is -2.82. The molecular weight excluding hydrogens is 374 g/mol. The summed E-state index contributed by atoms with van der Waals surface area (Å²) in [5.74, 6) is 0.282. The molecule has 0 saturated carbocycles. The highest BCUT2D eigenvalue weighted by molar-refractivity contribution is 5.95. The van der Waals surface area contributed by atoms with Crippen LogP contribution in [0, 0.1) is 0 Å². The van der Waals surface area contributed by atoms with Crippen LogP contribution in [0.5, 0.6) is 0 Å². The van der Waals surface area contributed by atoms with Crippen LogP contribution >= 0.6 is 0 Å². The van der Waals surface area contributed by atoms with Crippen molar-refractivity contribution in [1.29, 1.82) is 0 Å². The molecule has 5 heteroatoms. The number of rotatable bonds is 8. The molecule has 0 saturated heterocycles. The Kier molecular flexibility index (Phi) is 8.04. The van der Waals surface area contributed by atoms with Crippen LogP contribution in [0.1, 0.15) is 63.1 Å². The molecule has 30 heavy (non-hydrogen) atoms. The molecule has 1 N–H and O–H groups in total. The van der Waals surface area contributed by atoms with Crippen molar-refractivity contribution in [3.63, 3.8) is 0 Å². The summed E-state index contributed by atoms with van der Waals surface area (Å²) in [5, 5.41) is 3.10. The fourth-order valence-corrected chi connectivity index (χ4v) is 3.45. The second-order valence-corrected chi connectivity index (χ2v) is 8.60. The number of para-hydroxylation sites is 1. The van der Waals surface area contributed by atoms with Gasteiger partial charge in [0.2, 0.25) is 11.8 Å². The van der Waals surface area contributed by atoms with Crippen LogP contribution in [-0.2, 0) is 16.1 Å². The molecule has 0 aliphatic rings. The van der Waals surface area contributed by atoms with E-state index in [1.54, 1.807) is 4.90 Å². The Bertz CT molecular complexity index is 844. The van der Waals surface area contributed by atoms with Gasteiger partial charge in [-0.3, -0.25) is 9.59 Å². The van der Waals surface area contributed by atoms with Gasteiger partial charge in [-0.15, -0.1) is 0 Å². The van der Waals surface area contributed by atoms with Gasteiger partial charge in [0.1, 0.15) is 6.54 Å². The third-order valence-corrected chi connectivity index (χ3v) is 5.24. The van der Waals surface area contributed by atoms with E-state index in [4.69, 9.17) is 0 Å². The van der Waals surface area contributed by atoms with Gasteiger partial charge >= 0.3 is 0 Å². The van der Waals surface area contributed by atoms with E-state index < -0.39 is 0 Å². The predicted octanol–water partition coefficient (Wildman–Crippen LogP) is 4.99. The first-order valence-electron chi connectivity index (χ1n) is 10.5. The monoisotopic (exact) mass is 409 g/mol. The fraction of sp³-hybridized carbons (Fsp3) is 0.440. The molecule has 0 aliphatic carbocycles. The lowest BCUT2D eigenvalue weighted by molar-refractivity contribution is -0.133. The van der Waals surface area contributed by atoms with Crippen molar-refractivity contribution >= 4 is 23.2 Å². The van der Waals surface area contributed by atoms with Crippen LogP contribution in [0.3, 0.4) is 0 Å². The molecule has 0 fully saturated rings. The minimum absolute atomic E-state index is 0.0225. The van der Waals surface area contributed by atoms with Crippen LogP contribution in [0.4, 0.5) is 11.4 Å². The summed E-state index contributed by atoms with van der Waals surface area (Å²) in [5.41, 5.74) is 5.20. The molecule has 0 aromatic heterocycles. The average Bonchev–Trinajstić information content (AvgIpc) is 2.67. The molecule has 5 nitrogen and oxygen atoms in total. The number of carbonyl (C=O) groups excluding carboxylic acids is 2. The molecule has 0 spiro atoms. The largest absolute Gasteiger partial charge is 0.378 e. The van der Waals surface area contributed by atoms with Crippen molar-refractivity contribution in [3.8, 4) is 0 Å². The van der Waals surface area contributed by atoms with Gasteiger partial charge in [0.15, 0.2) is 0 Å². The highest BCUT2D eigenvalue weighted by Gasteiger charge is 2.19. The second-order valence-electron chi connectivity index (χ2n) is 8.60. The van der Waals surface area contributed by atoms with Crippen molar-refractivity contribution in [2.24, 2.45) is 0 Å². The van der Waals surface area contributed by atoms with Gasteiger partial charge in [-0.1, -0.05) is 58.0 Å². The van der Waals surface area contributed by atoms with E-state index in [9.17, 15) is 9.59 Å². The summed E-state index contributed by atoms with van der Waals surface area (Å²) in [7, 11) is 3.98. The third kappa shape index (κ3) is 6.09. The zero-order chi connectivity index (χ0) is 22.4. The molecule has 2 rings (SSSR count). The number of carbonyl (C=O) groups is 2. The van der Waals surface area contributed by atoms with E-state index in [1.807, 2.05) is 49.3 Å². The Balaban J connectivity index is 2.17. The van der Waals surface area contributed by atoms with Crippen LogP contribution in [-0.4, -0.2) is 37.4 Å². The molecule has 0 aliphatic heterocycles. The molecule has 162 valence electrons. The van der Waals surface area contributed by atoms with Crippen molar-refractivity contribution in [2.45, 2.75) is 53.0 Å². The van der Waals surface area contributed by atoms with Gasteiger partial charge < -0.3 is 15.1 Å². The third-order valence-electron chi connectivity index (χ3n) is 5.24. The topological polar surface area (TPSA) is 52.7 Å². The predicted molar refractivity (Wildman–Crippen MR) is 125 cm³/mol. The Labute approximate surface area is 181 Å². The number of amides is 2. The first kappa shape index (κ1) is 23.5. The minimum atomic E-state index is -0.176. The second kappa shape index (κ2) is 10.3. The van der Waals surface area contributed by atoms with Gasteiger partial charge in [-0.25, -0.2) is 0 Å². The van der Waals surface area contributed by atoms with Crippen molar-refractivity contribution in [2.75, 3.05) is 30.9 Å². The van der Waals surface area contributed by atoms with E-state index in [2.05, 4.69) is 45.1 Å². The number of anilines is 2. The summed E-state index contributed by atoms with van der Waals surface area (Å²) in [6.07, 6.45) is 0. The van der Waals surface area contributed by atoms with Crippen molar-refractivity contribution in [3.05, 3.63) is 59.2 Å². The molecule has 0 heterocycles. The first-order chi connectivity index (χ1) is 14.1. The van der Waals surface area contributed by atoms with E-state index in [-0.39, 0.29) is 30.2 Å². The van der Waals surface area contributed by atoms with Gasteiger partial charge in [-0.2, -0.15) is 0 Å². The first-order valence-corrected chi connectivity index (χ1v) is 10.5. The molecule has 0 bridgehead atoms. The Morgan fingerprint density at radius 2 is 1.43 bits per heavy atom. The zero-order valence-electron chi connectivity index (χ0n) is 19.3. The van der Waals surface area contributed by atoms with Gasteiger partial charge in [0.05, 0.1) is 0 Å². The molecule has 0 radical (unpaired) electrons. The standard InChI is InChI=1S/C25H35N3O2/c1-17(2)22-9-8-10-23(18(3)4)25(22)26-24(30)16-28(19(5)29)15-20-11-13-21(14-12-20)27(6)7/h8-14,17-18H,15-16H2,1-7H3,(H,26,30). The van der Waals surface area contributed by atoms with E-state index in [1.165, 1.54) is 6.92 Å². The minimum Gasteiger partial charge on any atom is -0.378 e. The molecule has 2 aromatic rings. The van der Waals surface area contributed by atoms with Crippen LogP contribution in [0.15, 0.2) is 42.5 Å². The van der Waals surface area contributed by atoms with Gasteiger partial charge in [-0.05, 0) is 40.7 Å². The fourth-order valence-electron chi connectivity index (χ4n) is 3.45. The zero-order valence-corrected chi connectivity index (χ0v) is 19.3. The number of hydrogen-bond donors (Lipinski definition) is 1. The summed E-state index contributed by atoms with van der Waals surface area (Å²) >= 11 is 0. The van der Waals surface area contributed by atoms with E-state index in [0.29, 0.717) is 6.54 Å². The molecule has 0 atom stereocenters. The molecule has 2 aromatic carbocycles. The number of hydrogen-bond acceptors (Lipinski definition) is 3. The normalized spacial score (nSPS) is 11.0. The lowest BCUT2D eigenvalue weighted by Gasteiger charge is -2.24. The Morgan fingerprint density at radius 3 is 1.87 bits per heavy atom. The molecular formula is C25H35N3O2. The smallest absolute Gasteiger partial charge is 0.244 e.